The van der Waals surface area contributed by atoms with E-state index in [4.69, 9.17) is 22.4 Å². The van der Waals surface area contributed by atoms with Crippen LogP contribution in [0.4, 0.5) is 5.69 Å². The Bertz CT molecular complexity index is 1070. The first-order valence-corrected chi connectivity index (χ1v) is 14.1. The van der Waals surface area contributed by atoms with E-state index < -0.39 is 68.6 Å². The zero-order chi connectivity index (χ0) is 32.4. The van der Waals surface area contributed by atoms with Crippen molar-refractivity contribution in [2.24, 2.45) is 0 Å². The first-order valence-electron chi connectivity index (χ1n) is 13.7. The molecule has 0 aliphatic heterocycles. The first-order chi connectivity index (χ1) is 20.3. The molecule has 1 unspecified atom stereocenters. The van der Waals surface area contributed by atoms with Crippen molar-refractivity contribution >= 4 is 52.9 Å². The van der Waals surface area contributed by atoms with Gasteiger partial charge in [0.25, 0.3) is 0 Å². The number of anilines is 1. The average Bonchev–Trinajstić information content (AvgIpc) is 2.88. The number of benzene rings is 1. The van der Waals surface area contributed by atoms with Crippen molar-refractivity contribution in [1.29, 1.82) is 0 Å². The summed E-state index contributed by atoms with van der Waals surface area (Å²) in [6.45, 7) is -0.368. The standard InChI is InChI=1S/C27H41N5O10S.Gd.H2O/c1-2-3-4-9-28-27(43)29-20-7-5-19(6-8-20)12-21(32(17-25(39)40)18-26(41)42)13-30(14-22(33)34)10-11-31(15-23(35)36)16-24(37)38;;/h5-8,21H,2-4,9-18H2,1H3,(H,33,34)(H,35,36)(H,37,38)(H,39,40)(H,41,42)(H2,28,29,43);;1H2/q;+3;. The zero-order valence-electron chi connectivity index (χ0n) is 25.0. The van der Waals surface area contributed by atoms with Crippen LogP contribution in [0.5, 0.6) is 0 Å². The fourth-order valence-electron chi connectivity index (χ4n) is 4.32. The van der Waals surface area contributed by atoms with E-state index in [0.717, 1.165) is 30.7 Å². The number of carboxylic acids is 5. The van der Waals surface area contributed by atoms with Crippen LogP contribution in [0, 0.1) is 39.9 Å². The SMILES string of the molecule is CCCCCNC(=S)Nc1ccc(CC(CN(CCN(CC(=O)O)CC(=O)O)CC(=O)O)N(CC(=O)O)CC(=O)O)cc1.O.[Gd+3]. The van der Waals surface area contributed by atoms with Gasteiger partial charge >= 0.3 is 69.8 Å². The molecule has 0 aliphatic rings. The minimum Gasteiger partial charge on any atom is -0.480 e. The van der Waals surface area contributed by atoms with E-state index in [-0.39, 0.29) is 71.5 Å². The molecule has 18 heteroatoms. The van der Waals surface area contributed by atoms with Crippen LogP contribution in [0.1, 0.15) is 31.7 Å². The average molecular weight is 803 g/mol. The summed E-state index contributed by atoms with van der Waals surface area (Å²) in [6, 6.07) is 6.26. The number of thiocarbonyl (C=S) groups is 1. The number of carbonyl (C=O) groups is 5. The van der Waals surface area contributed by atoms with Crippen molar-refractivity contribution in [3.05, 3.63) is 29.8 Å². The minimum absolute atomic E-state index is 0. The molecule has 9 N–H and O–H groups in total. The Morgan fingerprint density at radius 3 is 1.69 bits per heavy atom. The third-order valence-electron chi connectivity index (χ3n) is 6.22. The summed E-state index contributed by atoms with van der Waals surface area (Å²) in [7, 11) is 0. The molecule has 1 atom stereocenters. The monoisotopic (exact) mass is 803 g/mol. The molecule has 0 fully saturated rings. The number of hydrogen-bond acceptors (Lipinski definition) is 9. The van der Waals surface area contributed by atoms with Gasteiger partial charge in [0.2, 0.25) is 0 Å². The molecule has 0 spiro atoms. The zero-order valence-corrected chi connectivity index (χ0v) is 28.0. The number of aliphatic carboxylic acids is 5. The van der Waals surface area contributed by atoms with Gasteiger partial charge in [-0.15, -0.1) is 0 Å². The Morgan fingerprint density at radius 1 is 0.756 bits per heavy atom. The molecular weight excluding hydrogens is 760 g/mol. The minimum atomic E-state index is -1.27. The Labute approximate surface area is 298 Å². The van der Waals surface area contributed by atoms with Crippen LogP contribution in [-0.4, -0.2) is 146 Å². The predicted octanol–water partition coefficient (Wildman–Crippen LogP) is -0.421. The van der Waals surface area contributed by atoms with Crippen LogP contribution in [0.15, 0.2) is 24.3 Å². The molecule has 0 saturated heterocycles. The maximum atomic E-state index is 11.6. The van der Waals surface area contributed by atoms with Crippen LogP contribution in [0.3, 0.4) is 0 Å². The van der Waals surface area contributed by atoms with E-state index in [1.54, 1.807) is 24.3 Å². The summed E-state index contributed by atoms with van der Waals surface area (Å²) < 4.78 is 0. The fourth-order valence-corrected chi connectivity index (χ4v) is 4.54. The molecule has 0 bridgehead atoms. The Hall–Kier alpha value is -2.58. The summed E-state index contributed by atoms with van der Waals surface area (Å²) in [5.41, 5.74) is 1.41. The molecule has 45 heavy (non-hydrogen) atoms. The van der Waals surface area contributed by atoms with Crippen molar-refractivity contribution in [2.75, 3.05) is 64.2 Å². The Morgan fingerprint density at radius 2 is 1.22 bits per heavy atom. The van der Waals surface area contributed by atoms with Gasteiger partial charge in [-0.05, 0) is 42.8 Å². The quantitative estimate of drug-likeness (QED) is 0.0548. The summed E-state index contributed by atoms with van der Waals surface area (Å²) in [4.78, 5) is 60.9. The van der Waals surface area contributed by atoms with E-state index >= 15 is 0 Å². The van der Waals surface area contributed by atoms with Gasteiger partial charge in [0, 0.05) is 37.9 Å². The molecule has 253 valence electrons. The van der Waals surface area contributed by atoms with Crippen molar-refractivity contribution in [2.45, 2.75) is 38.6 Å². The molecule has 0 heterocycles. The topological polar surface area (TPSA) is 252 Å². The molecular formula is C27H43GdN5O11S+3. The van der Waals surface area contributed by atoms with Crippen molar-refractivity contribution in [1.82, 2.24) is 20.0 Å². The van der Waals surface area contributed by atoms with E-state index in [0.29, 0.717) is 16.4 Å². The van der Waals surface area contributed by atoms with E-state index in [1.165, 1.54) is 9.80 Å². The van der Waals surface area contributed by atoms with Gasteiger partial charge in [-0.25, -0.2) is 0 Å². The molecule has 1 rings (SSSR count). The number of nitrogens with one attached hydrogen (secondary N) is 2. The van der Waals surface area contributed by atoms with E-state index in [2.05, 4.69) is 17.6 Å². The third kappa shape index (κ3) is 21.7. The normalized spacial score (nSPS) is 11.3. The summed E-state index contributed by atoms with van der Waals surface area (Å²) in [5.74, 6) is -6.29. The van der Waals surface area contributed by atoms with E-state index in [1.807, 2.05) is 0 Å². The number of hydrogen-bond donors (Lipinski definition) is 7. The van der Waals surface area contributed by atoms with Gasteiger partial charge in [0.15, 0.2) is 5.11 Å². The fraction of sp³-hybridized carbons (Fsp3) is 0.556. The van der Waals surface area contributed by atoms with Crippen molar-refractivity contribution in [3.8, 4) is 0 Å². The second-order valence-electron chi connectivity index (χ2n) is 9.96. The smallest absolute Gasteiger partial charge is 0.480 e. The second kappa shape index (κ2) is 24.6. The van der Waals surface area contributed by atoms with Crippen molar-refractivity contribution < 1.29 is 94.9 Å². The van der Waals surface area contributed by atoms with Gasteiger partial charge in [0.05, 0.1) is 32.7 Å². The van der Waals surface area contributed by atoms with Gasteiger partial charge in [-0.3, -0.25) is 38.7 Å². The van der Waals surface area contributed by atoms with Crippen molar-refractivity contribution in [3.63, 3.8) is 0 Å². The van der Waals surface area contributed by atoms with Crippen LogP contribution >= 0.6 is 12.2 Å². The number of nitrogens with zero attached hydrogens (tertiary/aromatic N) is 3. The molecule has 0 amide bonds. The van der Waals surface area contributed by atoms with Gasteiger partial charge in [-0.2, -0.15) is 0 Å². The Kier molecular flexibility index (Phi) is 24.4. The Balaban J connectivity index is 0. The van der Waals surface area contributed by atoms with Crippen LogP contribution in [0.2, 0.25) is 0 Å². The van der Waals surface area contributed by atoms with Gasteiger partial charge < -0.3 is 41.6 Å². The number of rotatable bonds is 23. The molecule has 1 aromatic carbocycles. The third-order valence-corrected chi connectivity index (χ3v) is 6.47. The molecule has 16 nitrogen and oxygen atoms in total. The summed E-state index contributed by atoms with van der Waals surface area (Å²) >= 11 is 5.31. The maximum absolute atomic E-state index is 11.6. The predicted molar refractivity (Wildman–Crippen MR) is 164 cm³/mol. The maximum Gasteiger partial charge on any atom is 3.00 e. The summed E-state index contributed by atoms with van der Waals surface area (Å²) in [5, 5.41) is 53.3. The van der Waals surface area contributed by atoms with Gasteiger partial charge in [0.1, 0.15) is 0 Å². The van der Waals surface area contributed by atoms with Crippen LogP contribution in [-0.2, 0) is 30.4 Å². The van der Waals surface area contributed by atoms with Gasteiger partial charge in [-0.1, -0.05) is 31.9 Å². The second-order valence-corrected chi connectivity index (χ2v) is 10.4. The van der Waals surface area contributed by atoms with Crippen LogP contribution < -0.4 is 10.6 Å². The molecule has 0 aromatic heterocycles. The largest absolute Gasteiger partial charge is 3.00 e. The number of unbranched alkanes of at least 4 members (excludes halogenated alkanes) is 2. The molecule has 0 aliphatic carbocycles. The van der Waals surface area contributed by atoms with Crippen LogP contribution in [0.25, 0.3) is 0 Å². The molecule has 1 radical (unpaired) electrons. The molecule has 1 aromatic rings. The first kappa shape index (κ1) is 44.5. The summed E-state index contributed by atoms with van der Waals surface area (Å²) in [6.07, 6.45) is 3.31. The van der Waals surface area contributed by atoms with E-state index in [9.17, 15) is 39.3 Å². The molecule has 0 saturated carbocycles. The number of carboxylic acid groups (broad SMARTS) is 5.